The molecule has 21 heavy (non-hydrogen) atoms. The van der Waals surface area contributed by atoms with Gasteiger partial charge in [-0.05, 0) is 23.6 Å². The Morgan fingerprint density at radius 2 is 1.57 bits per heavy atom. The quantitative estimate of drug-likeness (QED) is 0.799. The van der Waals surface area contributed by atoms with E-state index in [1.54, 1.807) is 0 Å². The van der Waals surface area contributed by atoms with E-state index >= 15 is 0 Å². The summed E-state index contributed by atoms with van der Waals surface area (Å²) in [6.07, 6.45) is 0. The third-order valence-corrected chi connectivity index (χ3v) is 3.47. The summed E-state index contributed by atoms with van der Waals surface area (Å²) in [4.78, 5) is 10.8. The van der Waals surface area contributed by atoms with Gasteiger partial charge in [0.25, 0.3) is 0 Å². The summed E-state index contributed by atoms with van der Waals surface area (Å²) >= 11 is 0. The van der Waals surface area contributed by atoms with Gasteiger partial charge in [0, 0.05) is 26.1 Å². The zero-order chi connectivity index (χ0) is 15.1. The molecule has 3 nitrogen and oxygen atoms in total. The van der Waals surface area contributed by atoms with Crippen LogP contribution in [-0.2, 0) is 4.79 Å². The van der Waals surface area contributed by atoms with Crippen LogP contribution in [0.5, 0.6) is 0 Å². The number of benzene rings is 2. The molecule has 0 bridgehead atoms. The lowest BCUT2D eigenvalue weighted by Gasteiger charge is -2.15. The number of amides is 1. The molecule has 0 radical (unpaired) electrons. The van der Waals surface area contributed by atoms with E-state index in [1.807, 2.05) is 6.07 Å². The summed E-state index contributed by atoms with van der Waals surface area (Å²) in [7, 11) is 0. The van der Waals surface area contributed by atoms with Crippen LogP contribution in [-0.4, -0.2) is 19.0 Å². The van der Waals surface area contributed by atoms with E-state index in [9.17, 15) is 4.79 Å². The van der Waals surface area contributed by atoms with E-state index in [1.165, 1.54) is 23.6 Å². The van der Waals surface area contributed by atoms with E-state index in [4.69, 9.17) is 0 Å². The van der Waals surface area contributed by atoms with Gasteiger partial charge in [0.15, 0.2) is 0 Å². The predicted octanol–water partition coefficient (Wildman–Crippen LogP) is 3.14. The summed E-state index contributed by atoms with van der Waals surface area (Å²) in [6.45, 7) is 5.08. The zero-order valence-corrected chi connectivity index (χ0v) is 12.6. The fourth-order valence-corrected chi connectivity index (χ4v) is 2.24. The number of hydrogen-bond donors (Lipinski definition) is 2. The van der Waals surface area contributed by atoms with Crippen LogP contribution in [0.1, 0.15) is 25.5 Å². The Morgan fingerprint density at radius 3 is 2.19 bits per heavy atom. The monoisotopic (exact) mass is 282 g/mol. The molecule has 1 amide bonds. The molecular weight excluding hydrogens is 260 g/mol. The van der Waals surface area contributed by atoms with Gasteiger partial charge < -0.3 is 10.6 Å². The highest BCUT2D eigenvalue weighted by molar-refractivity contribution is 5.72. The fourth-order valence-electron chi connectivity index (χ4n) is 2.24. The average Bonchev–Trinajstić information content (AvgIpc) is 2.52. The van der Waals surface area contributed by atoms with Crippen molar-refractivity contribution in [1.82, 2.24) is 10.6 Å². The Kier molecular flexibility index (Phi) is 5.52. The van der Waals surface area contributed by atoms with Gasteiger partial charge in [-0.25, -0.2) is 0 Å². The Bertz CT molecular complexity index is 564. The summed E-state index contributed by atoms with van der Waals surface area (Å²) in [5, 5.41) is 6.18. The molecule has 1 atom stereocenters. The van der Waals surface area contributed by atoms with E-state index in [2.05, 4.69) is 66.1 Å². The molecule has 0 aliphatic carbocycles. The molecule has 2 rings (SSSR count). The molecule has 3 heteroatoms. The molecule has 2 aromatic rings. The highest BCUT2D eigenvalue weighted by Crippen LogP contribution is 2.21. The summed E-state index contributed by atoms with van der Waals surface area (Å²) in [5.74, 6) is 0.0108. The van der Waals surface area contributed by atoms with E-state index < -0.39 is 0 Å². The maximum Gasteiger partial charge on any atom is 0.216 e. The second-order valence-electron chi connectivity index (χ2n) is 5.15. The predicted molar refractivity (Wildman–Crippen MR) is 87.0 cm³/mol. The van der Waals surface area contributed by atoms with Crippen molar-refractivity contribution in [2.24, 2.45) is 0 Å². The Labute approximate surface area is 126 Å². The van der Waals surface area contributed by atoms with Crippen LogP contribution < -0.4 is 10.6 Å². The van der Waals surface area contributed by atoms with Gasteiger partial charge >= 0.3 is 0 Å². The Hall–Kier alpha value is -2.13. The van der Waals surface area contributed by atoms with Crippen LogP contribution >= 0.6 is 0 Å². The third kappa shape index (κ3) is 4.72. The molecule has 110 valence electrons. The van der Waals surface area contributed by atoms with Gasteiger partial charge in [-0.3, -0.25) is 4.79 Å². The molecular formula is C18H22N2O. The van der Waals surface area contributed by atoms with Crippen LogP contribution in [0.3, 0.4) is 0 Å². The summed E-state index contributed by atoms with van der Waals surface area (Å²) in [6, 6.07) is 19.2. The van der Waals surface area contributed by atoms with Gasteiger partial charge in [-0.15, -0.1) is 0 Å². The second kappa shape index (κ2) is 7.60. The largest absolute Gasteiger partial charge is 0.355 e. The van der Waals surface area contributed by atoms with Gasteiger partial charge in [-0.2, -0.15) is 0 Å². The maximum atomic E-state index is 10.8. The minimum atomic E-state index is 0.0108. The Balaban J connectivity index is 1.91. The van der Waals surface area contributed by atoms with Crippen molar-refractivity contribution in [3.05, 3.63) is 60.2 Å². The van der Waals surface area contributed by atoms with Crippen LogP contribution in [0.15, 0.2) is 54.6 Å². The number of nitrogens with one attached hydrogen (secondary N) is 2. The molecule has 0 saturated heterocycles. The minimum Gasteiger partial charge on any atom is -0.355 e. The van der Waals surface area contributed by atoms with Crippen molar-refractivity contribution in [2.75, 3.05) is 13.1 Å². The third-order valence-electron chi connectivity index (χ3n) is 3.47. The molecule has 0 spiro atoms. The van der Waals surface area contributed by atoms with Gasteiger partial charge in [0.2, 0.25) is 5.91 Å². The normalized spacial score (nSPS) is 11.9. The highest BCUT2D eigenvalue weighted by Gasteiger charge is 2.05. The van der Waals surface area contributed by atoms with Gasteiger partial charge in [-0.1, -0.05) is 54.6 Å². The number of rotatable bonds is 6. The van der Waals surface area contributed by atoms with E-state index in [0.29, 0.717) is 6.54 Å². The lowest BCUT2D eigenvalue weighted by Crippen LogP contribution is -2.31. The first kappa shape index (κ1) is 15.3. The molecule has 0 aliphatic rings. The molecule has 0 aromatic heterocycles. The van der Waals surface area contributed by atoms with Crippen LogP contribution in [0.4, 0.5) is 0 Å². The molecule has 0 fully saturated rings. The molecule has 2 N–H and O–H groups in total. The van der Waals surface area contributed by atoms with E-state index in [0.717, 1.165) is 6.54 Å². The topological polar surface area (TPSA) is 41.1 Å². The SMILES string of the molecule is CC(=O)NCCNC(C)c1ccc(-c2ccccc2)cc1. The second-order valence-corrected chi connectivity index (χ2v) is 5.15. The molecule has 0 saturated carbocycles. The first-order valence-corrected chi connectivity index (χ1v) is 7.30. The van der Waals surface area contributed by atoms with Crippen molar-refractivity contribution in [1.29, 1.82) is 0 Å². The lowest BCUT2D eigenvalue weighted by atomic mass is 10.0. The number of carbonyl (C=O) groups excluding carboxylic acids is 1. The van der Waals surface area contributed by atoms with Crippen LogP contribution in [0.25, 0.3) is 11.1 Å². The van der Waals surface area contributed by atoms with Crippen molar-refractivity contribution in [3.63, 3.8) is 0 Å². The fraction of sp³-hybridized carbons (Fsp3) is 0.278. The van der Waals surface area contributed by atoms with Crippen LogP contribution in [0, 0.1) is 0 Å². The lowest BCUT2D eigenvalue weighted by molar-refractivity contribution is -0.118. The standard InChI is InChI=1S/C18H22N2O/c1-14(19-12-13-20-15(2)21)16-8-10-18(11-9-16)17-6-4-3-5-7-17/h3-11,14,19H,12-13H2,1-2H3,(H,20,21). The van der Waals surface area contributed by atoms with Crippen molar-refractivity contribution >= 4 is 5.91 Å². The highest BCUT2D eigenvalue weighted by atomic mass is 16.1. The van der Waals surface area contributed by atoms with Crippen molar-refractivity contribution in [2.45, 2.75) is 19.9 Å². The van der Waals surface area contributed by atoms with Gasteiger partial charge in [0.1, 0.15) is 0 Å². The van der Waals surface area contributed by atoms with Crippen LogP contribution in [0.2, 0.25) is 0 Å². The summed E-state index contributed by atoms with van der Waals surface area (Å²) < 4.78 is 0. The first-order valence-electron chi connectivity index (χ1n) is 7.30. The smallest absolute Gasteiger partial charge is 0.216 e. The summed E-state index contributed by atoms with van der Waals surface area (Å²) in [5.41, 5.74) is 3.71. The average molecular weight is 282 g/mol. The molecule has 1 unspecified atom stereocenters. The molecule has 0 aliphatic heterocycles. The maximum absolute atomic E-state index is 10.8. The number of hydrogen-bond acceptors (Lipinski definition) is 2. The first-order chi connectivity index (χ1) is 10.2. The van der Waals surface area contributed by atoms with Gasteiger partial charge in [0.05, 0.1) is 0 Å². The van der Waals surface area contributed by atoms with E-state index in [-0.39, 0.29) is 11.9 Å². The number of carbonyl (C=O) groups is 1. The zero-order valence-electron chi connectivity index (χ0n) is 12.6. The Morgan fingerprint density at radius 1 is 0.952 bits per heavy atom. The molecule has 0 heterocycles. The van der Waals surface area contributed by atoms with Crippen molar-refractivity contribution in [3.8, 4) is 11.1 Å². The molecule has 2 aromatic carbocycles. The minimum absolute atomic E-state index is 0.0108. The van der Waals surface area contributed by atoms with Crippen molar-refractivity contribution < 1.29 is 4.79 Å².